The minimum absolute atomic E-state index is 0.735. The molecule has 0 radical (unpaired) electrons. The Balaban J connectivity index is 1.60. The maximum atomic E-state index is 5.93. The standard InChI is InChI=1S/C16H17ClN4OS2/c1-22-8-2-7-21-11-18-20-16(21)24-10-14-9-23-15(19-14)12-3-5-13(17)6-4-12/h3-6,9,11H,2,7-8,10H2,1H3. The van der Waals surface area contributed by atoms with Gasteiger partial charge >= 0.3 is 0 Å². The first-order chi connectivity index (χ1) is 11.8. The van der Waals surface area contributed by atoms with E-state index in [1.165, 1.54) is 0 Å². The molecule has 0 aliphatic heterocycles. The average molecular weight is 381 g/mol. The molecular weight excluding hydrogens is 364 g/mol. The van der Waals surface area contributed by atoms with Gasteiger partial charge in [0.1, 0.15) is 11.3 Å². The van der Waals surface area contributed by atoms with Crippen LogP contribution in [0.3, 0.4) is 0 Å². The monoisotopic (exact) mass is 380 g/mol. The number of thiazole rings is 1. The Hall–Kier alpha value is -1.41. The van der Waals surface area contributed by atoms with Gasteiger partial charge in [0.05, 0.1) is 5.69 Å². The molecule has 2 aromatic heterocycles. The smallest absolute Gasteiger partial charge is 0.191 e. The second-order valence-electron chi connectivity index (χ2n) is 5.09. The molecule has 2 heterocycles. The Morgan fingerprint density at radius 3 is 2.92 bits per heavy atom. The highest BCUT2D eigenvalue weighted by atomic mass is 35.5. The number of halogens is 1. The molecule has 0 aliphatic carbocycles. The van der Waals surface area contributed by atoms with Crippen molar-refractivity contribution in [2.75, 3.05) is 13.7 Å². The molecule has 3 aromatic rings. The van der Waals surface area contributed by atoms with E-state index in [0.29, 0.717) is 0 Å². The first-order valence-corrected chi connectivity index (χ1v) is 9.70. The number of methoxy groups -OCH3 is 1. The van der Waals surface area contributed by atoms with Gasteiger partial charge in [0.25, 0.3) is 0 Å². The normalized spacial score (nSPS) is 11.1. The van der Waals surface area contributed by atoms with Gasteiger partial charge in [-0.2, -0.15) is 0 Å². The van der Waals surface area contributed by atoms with E-state index in [0.717, 1.165) is 51.8 Å². The Morgan fingerprint density at radius 2 is 2.12 bits per heavy atom. The fourth-order valence-corrected chi connectivity index (χ4v) is 4.02. The first kappa shape index (κ1) is 17.4. The average Bonchev–Trinajstić information content (AvgIpc) is 3.23. The van der Waals surface area contributed by atoms with Crippen LogP contribution < -0.4 is 0 Å². The number of hydrogen-bond acceptors (Lipinski definition) is 6. The number of nitrogens with zero attached hydrogens (tertiary/aromatic N) is 4. The highest BCUT2D eigenvalue weighted by Gasteiger charge is 2.09. The lowest BCUT2D eigenvalue weighted by atomic mass is 10.2. The van der Waals surface area contributed by atoms with Gasteiger partial charge in [-0.1, -0.05) is 35.5 Å². The van der Waals surface area contributed by atoms with E-state index >= 15 is 0 Å². The van der Waals surface area contributed by atoms with E-state index in [1.54, 1.807) is 36.5 Å². The summed E-state index contributed by atoms with van der Waals surface area (Å²) in [5.74, 6) is 0.771. The van der Waals surface area contributed by atoms with Crippen LogP contribution in [0.25, 0.3) is 10.6 Å². The zero-order valence-corrected chi connectivity index (χ0v) is 15.6. The second-order valence-corrected chi connectivity index (χ2v) is 7.33. The van der Waals surface area contributed by atoms with Crippen LogP contribution in [-0.4, -0.2) is 33.5 Å². The SMILES string of the molecule is COCCCn1cnnc1SCc1csc(-c2ccc(Cl)cc2)n1. The number of ether oxygens (including phenoxy) is 1. The number of benzene rings is 1. The number of thioether (sulfide) groups is 1. The summed E-state index contributed by atoms with van der Waals surface area (Å²) in [5, 5.41) is 12.9. The van der Waals surface area contributed by atoms with Crippen LogP contribution in [-0.2, 0) is 17.0 Å². The summed E-state index contributed by atoms with van der Waals surface area (Å²) in [4.78, 5) is 4.69. The van der Waals surface area contributed by atoms with E-state index in [-0.39, 0.29) is 0 Å². The van der Waals surface area contributed by atoms with Gasteiger partial charge in [0.15, 0.2) is 5.16 Å². The van der Waals surface area contributed by atoms with Crippen LogP contribution in [0.1, 0.15) is 12.1 Å². The van der Waals surface area contributed by atoms with Crippen LogP contribution in [0.2, 0.25) is 5.02 Å². The zero-order valence-electron chi connectivity index (χ0n) is 13.2. The molecule has 0 atom stereocenters. The number of aryl methyl sites for hydroxylation is 1. The van der Waals surface area contributed by atoms with Crippen LogP contribution >= 0.6 is 34.7 Å². The summed E-state index contributed by atoms with van der Waals surface area (Å²) >= 11 is 9.22. The topological polar surface area (TPSA) is 52.8 Å². The van der Waals surface area contributed by atoms with Gasteiger partial charge < -0.3 is 9.30 Å². The van der Waals surface area contributed by atoms with Crippen LogP contribution in [0.15, 0.2) is 41.1 Å². The fourth-order valence-electron chi connectivity index (χ4n) is 2.13. The van der Waals surface area contributed by atoms with Crippen LogP contribution in [0.5, 0.6) is 0 Å². The molecule has 0 saturated carbocycles. The van der Waals surface area contributed by atoms with Crippen molar-refractivity contribution in [3.8, 4) is 10.6 Å². The minimum atomic E-state index is 0.735. The number of rotatable bonds is 8. The van der Waals surface area contributed by atoms with Gasteiger partial charge in [0.2, 0.25) is 0 Å². The van der Waals surface area contributed by atoms with E-state index < -0.39 is 0 Å². The largest absolute Gasteiger partial charge is 0.385 e. The third-order valence-electron chi connectivity index (χ3n) is 3.32. The highest BCUT2D eigenvalue weighted by molar-refractivity contribution is 7.98. The molecule has 0 N–H and O–H groups in total. The highest BCUT2D eigenvalue weighted by Crippen LogP contribution is 2.28. The van der Waals surface area contributed by atoms with Crippen molar-refractivity contribution >= 4 is 34.7 Å². The number of hydrogen-bond donors (Lipinski definition) is 0. The van der Waals surface area contributed by atoms with Gasteiger partial charge in [-0.05, 0) is 18.6 Å². The third-order valence-corrected chi connectivity index (χ3v) is 5.53. The molecule has 126 valence electrons. The molecule has 1 aromatic carbocycles. The summed E-state index contributed by atoms with van der Waals surface area (Å²) in [5.41, 5.74) is 2.13. The summed E-state index contributed by atoms with van der Waals surface area (Å²) in [6, 6.07) is 7.75. The molecule has 5 nitrogen and oxygen atoms in total. The zero-order chi connectivity index (χ0) is 16.8. The Labute approximate surface area is 154 Å². The van der Waals surface area contributed by atoms with E-state index in [9.17, 15) is 0 Å². The van der Waals surface area contributed by atoms with Crippen molar-refractivity contribution in [3.63, 3.8) is 0 Å². The molecule has 0 saturated heterocycles. The lowest BCUT2D eigenvalue weighted by Gasteiger charge is -2.04. The third kappa shape index (κ3) is 4.57. The van der Waals surface area contributed by atoms with Crippen LogP contribution in [0, 0.1) is 0 Å². The molecule has 8 heteroatoms. The summed E-state index contributed by atoms with van der Waals surface area (Å²) in [6.07, 6.45) is 2.71. The summed E-state index contributed by atoms with van der Waals surface area (Å²) < 4.78 is 7.14. The molecule has 0 spiro atoms. The lowest BCUT2D eigenvalue weighted by Crippen LogP contribution is -2.02. The second kappa shape index (κ2) is 8.62. The Kier molecular flexibility index (Phi) is 6.25. The van der Waals surface area contributed by atoms with Crippen molar-refractivity contribution < 1.29 is 4.74 Å². The Morgan fingerprint density at radius 1 is 1.29 bits per heavy atom. The van der Waals surface area contributed by atoms with E-state index in [2.05, 4.69) is 20.1 Å². The van der Waals surface area contributed by atoms with E-state index in [4.69, 9.17) is 21.3 Å². The molecular formula is C16H17ClN4OS2. The molecule has 3 rings (SSSR count). The van der Waals surface area contributed by atoms with Crippen molar-refractivity contribution in [3.05, 3.63) is 46.7 Å². The van der Waals surface area contributed by atoms with Crippen molar-refractivity contribution in [2.24, 2.45) is 0 Å². The van der Waals surface area contributed by atoms with Crippen molar-refractivity contribution in [1.82, 2.24) is 19.7 Å². The van der Waals surface area contributed by atoms with E-state index in [1.807, 2.05) is 24.3 Å². The molecule has 0 fully saturated rings. The first-order valence-electron chi connectivity index (χ1n) is 7.46. The van der Waals surface area contributed by atoms with Crippen LogP contribution in [0.4, 0.5) is 0 Å². The van der Waals surface area contributed by atoms with Gasteiger partial charge in [-0.25, -0.2) is 4.98 Å². The maximum absolute atomic E-state index is 5.93. The molecule has 0 unspecified atom stereocenters. The van der Waals surface area contributed by atoms with Crippen molar-refractivity contribution in [1.29, 1.82) is 0 Å². The molecule has 0 amide bonds. The predicted octanol–water partition coefficient (Wildman–Crippen LogP) is 4.38. The van der Waals surface area contributed by atoms with Crippen molar-refractivity contribution in [2.45, 2.75) is 23.9 Å². The maximum Gasteiger partial charge on any atom is 0.191 e. The molecule has 24 heavy (non-hydrogen) atoms. The molecule has 0 bridgehead atoms. The fraction of sp³-hybridized carbons (Fsp3) is 0.312. The summed E-state index contributed by atoms with van der Waals surface area (Å²) in [6.45, 7) is 1.59. The quantitative estimate of drug-likeness (QED) is 0.428. The lowest BCUT2D eigenvalue weighted by molar-refractivity contribution is 0.189. The molecule has 0 aliphatic rings. The van der Waals surface area contributed by atoms with Gasteiger partial charge in [-0.3, -0.25) is 0 Å². The predicted molar refractivity (Wildman–Crippen MR) is 98.6 cm³/mol. The van der Waals surface area contributed by atoms with Gasteiger partial charge in [0, 0.05) is 42.0 Å². The summed E-state index contributed by atoms with van der Waals surface area (Å²) in [7, 11) is 1.71. The Bertz CT molecular complexity index is 772. The minimum Gasteiger partial charge on any atom is -0.385 e. The number of aromatic nitrogens is 4. The van der Waals surface area contributed by atoms with Gasteiger partial charge in [-0.15, -0.1) is 21.5 Å².